The van der Waals surface area contributed by atoms with E-state index in [2.05, 4.69) is 10.6 Å². The van der Waals surface area contributed by atoms with Gasteiger partial charge in [-0.1, -0.05) is 12.1 Å². The maximum atomic E-state index is 12.1. The molecule has 1 aromatic rings. The highest BCUT2D eigenvalue weighted by Crippen LogP contribution is 2.23. The summed E-state index contributed by atoms with van der Waals surface area (Å²) in [6.07, 6.45) is -3.54. The van der Waals surface area contributed by atoms with Crippen LogP contribution < -0.4 is 16.4 Å². The zero-order valence-corrected chi connectivity index (χ0v) is 12.7. The standard InChI is InChI=1S/C12H16F3N3O.2ClH/c13-12(14,15)8-17-9-4-1-2-5-10(9)18-11(19)6-3-7-16;;/h1-2,4-5,17H,3,6-8,16H2,(H,18,19);2*1H. The molecule has 122 valence electrons. The number of rotatable bonds is 6. The normalized spacial score (nSPS) is 10.1. The molecule has 4 N–H and O–H groups in total. The molecule has 0 heterocycles. The van der Waals surface area contributed by atoms with E-state index in [-0.39, 0.29) is 42.8 Å². The largest absolute Gasteiger partial charge is 0.405 e. The van der Waals surface area contributed by atoms with Crippen LogP contribution in [0.3, 0.4) is 0 Å². The molecule has 0 saturated carbocycles. The highest BCUT2D eigenvalue weighted by Gasteiger charge is 2.26. The third kappa shape index (κ3) is 9.38. The molecule has 21 heavy (non-hydrogen) atoms. The van der Waals surface area contributed by atoms with Crippen LogP contribution in [-0.2, 0) is 4.79 Å². The SMILES string of the molecule is Cl.Cl.NCCCC(=O)Nc1ccccc1NCC(F)(F)F. The summed E-state index contributed by atoms with van der Waals surface area (Å²) in [6.45, 7) is -0.760. The summed E-state index contributed by atoms with van der Waals surface area (Å²) in [6, 6.07) is 6.24. The van der Waals surface area contributed by atoms with Gasteiger partial charge in [-0.3, -0.25) is 4.79 Å². The minimum Gasteiger partial charge on any atom is -0.375 e. The maximum Gasteiger partial charge on any atom is 0.405 e. The lowest BCUT2D eigenvalue weighted by Crippen LogP contribution is -2.22. The highest BCUT2D eigenvalue weighted by atomic mass is 35.5. The number of anilines is 2. The van der Waals surface area contributed by atoms with Crippen molar-refractivity contribution in [3.63, 3.8) is 0 Å². The number of nitrogens with one attached hydrogen (secondary N) is 2. The van der Waals surface area contributed by atoms with E-state index < -0.39 is 12.7 Å². The summed E-state index contributed by atoms with van der Waals surface area (Å²) in [4.78, 5) is 11.5. The molecule has 0 unspecified atom stereocenters. The number of benzene rings is 1. The van der Waals surface area contributed by atoms with Crippen molar-refractivity contribution in [1.29, 1.82) is 0 Å². The molecule has 0 radical (unpaired) electrons. The summed E-state index contributed by atoms with van der Waals surface area (Å²) < 4.78 is 36.4. The maximum absolute atomic E-state index is 12.1. The lowest BCUT2D eigenvalue weighted by molar-refractivity contribution is -0.116. The number of amides is 1. The van der Waals surface area contributed by atoms with E-state index in [1.165, 1.54) is 6.07 Å². The smallest absolute Gasteiger partial charge is 0.375 e. The van der Waals surface area contributed by atoms with Gasteiger partial charge in [-0.15, -0.1) is 24.8 Å². The number of hydrogen-bond donors (Lipinski definition) is 3. The molecule has 9 heteroatoms. The first-order valence-electron chi connectivity index (χ1n) is 5.82. The molecule has 0 atom stereocenters. The van der Waals surface area contributed by atoms with Gasteiger partial charge < -0.3 is 16.4 Å². The topological polar surface area (TPSA) is 67.2 Å². The Bertz CT molecular complexity index is 430. The van der Waals surface area contributed by atoms with Gasteiger partial charge in [0.05, 0.1) is 11.4 Å². The first-order chi connectivity index (χ1) is 8.92. The van der Waals surface area contributed by atoms with E-state index in [0.717, 1.165) is 0 Å². The predicted molar refractivity (Wildman–Crippen MR) is 82.4 cm³/mol. The van der Waals surface area contributed by atoms with Crippen molar-refractivity contribution in [2.75, 3.05) is 23.7 Å². The molecular formula is C12H18Cl2F3N3O. The van der Waals surface area contributed by atoms with Crippen LogP contribution in [0.25, 0.3) is 0 Å². The van der Waals surface area contributed by atoms with E-state index in [1.807, 2.05) is 0 Å². The molecule has 1 amide bonds. The second kappa shape index (κ2) is 10.5. The van der Waals surface area contributed by atoms with Crippen molar-refractivity contribution in [1.82, 2.24) is 0 Å². The van der Waals surface area contributed by atoms with Crippen LogP contribution in [0.15, 0.2) is 24.3 Å². The van der Waals surface area contributed by atoms with Crippen LogP contribution in [0.2, 0.25) is 0 Å². The number of carbonyl (C=O) groups excluding carboxylic acids is 1. The summed E-state index contributed by atoms with van der Waals surface area (Å²) in [7, 11) is 0. The first kappa shape index (κ1) is 22.1. The second-order valence-corrected chi connectivity index (χ2v) is 3.95. The lowest BCUT2D eigenvalue weighted by Gasteiger charge is -2.14. The fraction of sp³-hybridized carbons (Fsp3) is 0.417. The molecule has 0 saturated heterocycles. The van der Waals surface area contributed by atoms with E-state index in [4.69, 9.17) is 5.73 Å². The minimum atomic E-state index is -4.31. The van der Waals surface area contributed by atoms with Gasteiger partial charge in [0.15, 0.2) is 0 Å². The average Bonchev–Trinajstić information content (AvgIpc) is 2.34. The van der Waals surface area contributed by atoms with E-state index >= 15 is 0 Å². The molecule has 0 aliphatic rings. The quantitative estimate of drug-likeness (QED) is 0.740. The van der Waals surface area contributed by atoms with Gasteiger partial charge >= 0.3 is 6.18 Å². The number of nitrogens with two attached hydrogens (primary N) is 1. The number of alkyl halides is 3. The Morgan fingerprint density at radius 1 is 1.14 bits per heavy atom. The van der Waals surface area contributed by atoms with Crippen molar-refractivity contribution >= 4 is 42.1 Å². The van der Waals surface area contributed by atoms with Crippen molar-refractivity contribution < 1.29 is 18.0 Å². The predicted octanol–water partition coefficient (Wildman–Crippen LogP) is 3.18. The second-order valence-electron chi connectivity index (χ2n) is 3.95. The van der Waals surface area contributed by atoms with Gasteiger partial charge in [-0.2, -0.15) is 13.2 Å². The summed E-state index contributed by atoms with van der Waals surface area (Å²) >= 11 is 0. The van der Waals surface area contributed by atoms with Gasteiger partial charge in [-0.05, 0) is 25.1 Å². The lowest BCUT2D eigenvalue weighted by atomic mass is 10.2. The minimum absolute atomic E-state index is 0. The van der Waals surface area contributed by atoms with Crippen molar-refractivity contribution in [2.24, 2.45) is 5.73 Å². The average molecular weight is 348 g/mol. The number of carbonyl (C=O) groups is 1. The third-order valence-electron chi connectivity index (χ3n) is 2.29. The molecule has 1 aromatic carbocycles. The van der Waals surface area contributed by atoms with Crippen LogP contribution in [-0.4, -0.2) is 25.2 Å². The van der Waals surface area contributed by atoms with Crippen LogP contribution >= 0.6 is 24.8 Å². The van der Waals surface area contributed by atoms with Crippen molar-refractivity contribution in [3.8, 4) is 0 Å². The Labute approximate surface area is 133 Å². The van der Waals surface area contributed by atoms with E-state index in [0.29, 0.717) is 18.7 Å². The van der Waals surface area contributed by atoms with Crippen molar-refractivity contribution in [2.45, 2.75) is 19.0 Å². The highest BCUT2D eigenvalue weighted by molar-refractivity contribution is 5.94. The van der Waals surface area contributed by atoms with E-state index in [9.17, 15) is 18.0 Å². The zero-order chi connectivity index (χ0) is 14.3. The summed E-state index contributed by atoms with van der Waals surface area (Å²) in [5, 5.41) is 4.81. The van der Waals surface area contributed by atoms with Crippen molar-refractivity contribution in [3.05, 3.63) is 24.3 Å². The number of para-hydroxylation sites is 2. The van der Waals surface area contributed by atoms with Crippen LogP contribution in [0.5, 0.6) is 0 Å². The van der Waals surface area contributed by atoms with Gasteiger partial charge in [0.2, 0.25) is 5.91 Å². The van der Waals surface area contributed by atoms with Gasteiger partial charge in [0.1, 0.15) is 6.54 Å². The van der Waals surface area contributed by atoms with Gasteiger partial charge in [-0.25, -0.2) is 0 Å². The molecule has 0 bridgehead atoms. The third-order valence-corrected chi connectivity index (χ3v) is 2.29. The Balaban J connectivity index is 0. The summed E-state index contributed by atoms with van der Waals surface area (Å²) in [5.41, 5.74) is 5.84. The fourth-order valence-electron chi connectivity index (χ4n) is 1.42. The Morgan fingerprint density at radius 2 is 1.71 bits per heavy atom. The Hall–Kier alpha value is -1.18. The van der Waals surface area contributed by atoms with E-state index in [1.54, 1.807) is 18.2 Å². The molecule has 1 rings (SSSR count). The van der Waals surface area contributed by atoms with Crippen LogP contribution in [0, 0.1) is 0 Å². The van der Waals surface area contributed by atoms with Gasteiger partial charge in [0, 0.05) is 6.42 Å². The molecule has 0 spiro atoms. The number of halogens is 5. The zero-order valence-electron chi connectivity index (χ0n) is 11.1. The monoisotopic (exact) mass is 347 g/mol. The van der Waals surface area contributed by atoms with Crippen LogP contribution in [0.4, 0.5) is 24.5 Å². The molecule has 0 fully saturated rings. The first-order valence-corrected chi connectivity index (χ1v) is 5.82. The molecule has 0 aliphatic heterocycles. The Morgan fingerprint density at radius 3 is 2.24 bits per heavy atom. The molecule has 0 aromatic heterocycles. The molecular weight excluding hydrogens is 330 g/mol. The number of hydrogen-bond acceptors (Lipinski definition) is 3. The van der Waals surface area contributed by atoms with Gasteiger partial charge in [0.25, 0.3) is 0 Å². The van der Waals surface area contributed by atoms with Crippen LogP contribution in [0.1, 0.15) is 12.8 Å². The Kier molecular flexibility index (Phi) is 11.1. The summed E-state index contributed by atoms with van der Waals surface area (Å²) in [5.74, 6) is -0.272. The molecule has 4 nitrogen and oxygen atoms in total. The molecule has 0 aliphatic carbocycles. The fourth-order valence-corrected chi connectivity index (χ4v) is 1.42.